The molecule has 3 amide bonds. The van der Waals surface area contributed by atoms with Gasteiger partial charge in [-0.1, -0.05) is 12.1 Å². The van der Waals surface area contributed by atoms with E-state index in [2.05, 4.69) is 26.5 Å². The molecule has 2 heterocycles. The van der Waals surface area contributed by atoms with Gasteiger partial charge in [0.25, 0.3) is 0 Å². The highest BCUT2D eigenvalue weighted by molar-refractivity contribution is 6.01. The van der Waals surface area contributed by atoms with E-state index in [-0.39, 0.29) is 12.3 Å². The first-order valence-corrected chi connectivity index (χ1v) is 11.0. The van der Waals surface area contributed by atoms with Crippen molar-refractivity contribution in [3.63, 3.8) is 0 Å². The summed E-state index contributed by atoms with van der Waals surface area (Å²) in [5.41, 5.74) is 2.38. The van der Waals surface area contributed by atoms with Crippen molar-refractivity contribution in [2.24, 2.45) is 0 Å². The summed E-state index contributed by atoms with van der Waals surface area (Å²) in [5.74, 6) is 0.897. The van der Waals surface area contributed by atoms with Gasteiger partial charge in [0.15, 0.2) is 11.5 Å². The highest BCUT2D eigenvalue weighted by Gasteiger charge is 2.19. The number of urea groups is 1. The van der Waals surface area contributed by atoms with Crippen LogP contribution in [0.1, 0.15) is 17.5 Å². The highest BCUT2D eigenvalue weighted by atomic mass is 16.6. The van der Waals surface area contributed by atoms with Crippen LogP contribution in [0.2, 0.25) is 0 Å². The van der Waals surface area contributed by atoms with Crippen molar-refractivity contribution < 1.29 is 19.1 Å². The van der Waals surface area contributed by atoms with Crippen LogP contribution in [0.5, 0.6) is 11.5 Å². The summed E-state index contributed by atoms with van der Waals surface area (Å²) in [6.45, 7) is 5.97. The second kappa shape index (κ2) is 10.8. The van der Waals surface area contributed by atoms with Crippen LogP contribution < -0.4 is 20.1 Å². The number of hydrogen-bond acceptors (Lipinski definition) is 7. The molecule has 2 N–H and O–H groups in total. The molecular weight excluding hydrogens is 422 g/mol. The molecule has 172 valence electrons. The number of rotatable bonds is 6. The third kappa shape index (κ3) is 6.44. The highest BCUT2D eigenvalue weighted by Crippen LogP contribution is 2.32. The van der Waals surface area contributed by atoms with Gasteiger partial charge in [0.05, 0.1) is 11.6 Å². The molecule has 0 spiro atoms. The average Bonchev–Trinajstić information content (AvgIpc) is 2.84. The van der Waals surface area contributed by atoms with E-state index >= 15 is 0 Å². The maximum Gasteiger partial charge on any atom is 0.325 e. The minimum Gasteiger partial charge on any atom is -0.486 e. The zero-order valence-corrected chi connectivity index (χ0v) is 18.4. The predicted molar refractivity (Wildman–Crippen MR) is 122 cm³/mol. The Morgan fingerprint density at radius 1 is 0.939 bits per heavy atom. The SMILES string of the molecule is N#Cc1ccc(CN2CCN(CCC(=O)NC(=O)Nc3ccc4c(c3)OCCO4)CC2)cc1. The molecule has 0 radical (unpaired) electrons. The van der Waals surface area contributed by atoms with Gasteiger partial charge in [0.1, 0.15) is 13.2 Å². The number of amides is 3. The van der Waals surface area contributed by atoms with Gasteiger partial charge in [-0.3, -0.25) is 15.0 Å². The molecule has 2 aromatic carbocycles. The Balaban J connectivity index is 1.14. The number of benzene rings is 2. The zero-order valence-electron chi connectivity index (χ0n) is 18.4. The first-order valence-electron chi connectivity index (χ1n) is 11.0. The van der Waals surface area contributed by atoms with Crippen LogP contribution >= 0.6 is 0 Å². The Morgan fingerprint density at radius 3 is 2.36 bits per heavy atom. The number of hydrogen-bond donors (Lipinski definition) is 2. The fraction of sp³-hybridized carbons (Fsp3) is 0.375. The summed E-state index contributed by atoms with van der Waals surface area (Å²) in [6.07, 6.45) is 0.254. The van der Waals surface area contributed by atoms with E-state index in [9.17, 15) is 9.59 Å². The van der Waals surface area contributed by atoms with Crippen LogP contribution in [-0.2, 0) is 11.3 Å². The lowest BCUT2D eigenvalue weighted by molar-refractivity contribution is -0.120. The first kappa shape index (κ1) is 22.6. The molecule has 2 aliphatic rings. The van der Waals surface area contributed by atoms with E-state index in [0.717, 1.165) is 32.7 Å². The molecule has 0 saturated carbocycles. The summed E-state index contributed by atoms with van der Waals surface area (Å²) in [7, 11) is 0. The minimum atomic E-state index is -0.566. The third-order valence-electron chi connectivity index (χ3n) is 5.66. The van der Waals surface area contributed by atoms with Crippen LogP contribution in [-0.4, -0.2) is 67.7 Å². The van der Waals surface area contributed by atoms with Crippen molar-refractivity contribution in [2.75, 3.05) is 51.3 Å². The van der Waals surface area contributed by atoms with Gasteiger partial charge in [0, 0.05) is 57.4 Å². The predicted octanol–water partition coefficient (Wildman–Crippen LogP) is 2.19. The fourth-order valence-corrected chi connectivity index (χ4v) is 3.85. The number of nitrogens with one attached hydrogen (secondary N) is 2. The van der Waals surface area contributed by atoms with Crippen molar-refractivity contribution in [3.05, 3.63) is 53.6 Å². The van der Waals surface area contributed by atoms with Crippen molar-refractivity contribution in [1.82, 2.24) is 15.1 Å². The molecule has 0 aliphatic carbocycles. The van der Waals surface area contributed by atoms with Crippen LogP contribution in [0.15, 0.2) is 42.5 Å². The standard InChI is InChI=1S/C24H27N5O4/c25-16-18-1-3-19(4-2-18)17-29-11-9-28(10-12-29)8-7-23(30)27-24(31)26-20-5-6-21-22(15-20)33-14-13-32-21/h1-6,15H,7-14,17H2,(H2,26,27,30,31). The third-order valence-corrected chi connectivity index (χ3v) is 5.66. The Morgan fingerprint density at radius 2 is 1.64 bits per heavy atom. The van der Waals surface area contributed by atoms with Crippen LogP contribution in [0, 0.1) is 11.3 Å². The summed E-state index contributed by atoms with van der Waals surface area (Å²) >= 11 is 0. The van der Waals surface area contributed by atoms with E-state index in [1.165, 1.54) is 5.56 Å². The number of anilines is 1. The van der Waals surface area contributed by atoms with Gasteiger partial charge in [-0.25, -0.2) is 4.79 Å². The van der Waals surface area contributed by atoms with Crippen LogP contribution in [0.4, 0.5) is 10.5 Å². The fourth-order valence-electron chi connectivity index (χ4n) is 3.85. The maximum absolute atomic E-state index is 12.2. The van der Waals surface area contributed by atoms with Gasteiger partial charge in [-0.15, -0.1) is 0 Å². The molecule has 1 fully saturated rings. The topological polar surface area (TPSA) is 107 Å². The molecule has 9 heteroatoms. The van der Waals surface area contributed by atoms with Crippen LogP contribution in [0.25, 0.3) is 0 Å². The van der Waals surface area contributed by atoms with E-state index in [1.54, 1.807) is 18.2 Å². The van der Waals surface area contributed by atoms with Gasteiger partial charge < -0.3 is 19.7 Å². The maximum atomic E-state index is 12.2. The second-order valence-electron chi connectivity index (χ2n) is 8.04. The molecule has 2 aromatic rings. The summed E-state index contributed by atoms with van der Waals surface area (Å²) in [6, 6.07) is 14.3. The van der Waals surface area contributed by atoms with Crippen molar-refractivity contribution in [3.8, 4) is 17.6 Å². The second-order valence-corrected chi connectivity index (χ2v) is 8.04. The molecule has 1 saturated heterocycles. The number of fused-ring (bicyclic) bond motifs is 1. The summed E-state index contributed by atoms with van der Waals surface area (Å²) in [5, 5.41) is 13.9. The Bertz CT molecular complexity index is 1030. The van der Waals surface area contributed by atoms with E-state index in [4.69, 9.17) is 14.7 Å². The molecule has 0 unspecified atom stereocenters. The molecular formula is C24H27N5O4. The number of carbonyl (C=O) groups excluding carboxylic acids is 2. The first-order chi connectivity index (χ1) is 16.1. The molecule has 4 rings (SSSR count). The molecule has 0 bridgehead atoms. The van der Waals surface area contributed by atoms with Crippen molar-refractivity contribution in [1.29, 1.82) is 5.26 Å². The number of imide groups is 1. The number of nitrogens with zero attached hydrogens (tertiary/aromatic N) is 3. The monoisotopic (exact) mass is 449 g/mol. The quantitative estimate of drug-likeness (QED) is 0.696. The Hall–Kier alpha value is -3.61. The normalized spacial score (nSPS) is 16.0. The number of carbonyl (C=O) groups is 2. The zero-order chi connectivity index (χ0) is 23.0. The van der Waals surface area contributed by atoms with Gasteiger partial charge >= 0.3 is 6.03 Å². The van der Waals surface area contributed by atoms with E-state index in [0.29, 0.717) is 42.5 Å². The molecule has 0 aromatic heterocycles. The average molecular weight is 450 g/mol. The Labute approximate surface area is 192 Å². The summed E-state index contributed by atoms with van der Waals surface area (Å²) in [4.78, 5) is 28.9. The van der Waals surface area contributed by atoms with E-state index in [1.807, 2.05) is 24.3 Å². The van der Waals surface area contributed by atoms with Crippen LogP contribution in [0.3, 0.4) is 0 Å². The number of piperazine rings is 1. The summed E-state index contributed by atoms with van der Waals surface area (Å²) < 4.78 is 11.0. The number of ether oxygens (including phenoxy) is 2. The molecule has 33 heavy (non-hydrogen) atoms. The lowest BCUT2D eigenvalue weighted by Crippen LogP contribution is -2.47. The minimum absolute atomic E-state index is 0.254. The van der Waals surface area contributed by atoms with E-state index < -0.39 is 6.03 Å². The lowest BCUT2D eigenvalue weighted by Gasteiger charge is -2.34. The molecule has 9 nitrogen and oxygen atoms in total. The van der Waals surface area contributed by atoms with Crippen molar-refractivity contribution >= 4 is 17.6 Å². The van der Waals surface area contributed by atoms with Gasteiger partial charge in [-0.05, 0) is 29.8 Å². The number of nitriles is 1. The van der Waals surface area contributed by atoms with Crippen molar-refractivity contribution in [2.45, 2.75) is 13.0 Å². The molecule has 2 aliphatic heterocycles. The Kier molecular flexibility index (Phi) is 7.40. The largest absolute Gasteiger partial charge is 0.486 e. The lowest BCUT2D eigenvalue weighted by atomic mass is 10.1. The van der Waals surface area contributed by atoms with Gasteiger partial charge in [-0.2, -0.15) is 5.26 Å². The van der Waals surface area contributed by atoms with Gasteiger partial charge in [0.2, 0.25) is 5.91 Å². The smallest absolute Gasteiger partial charge is 0.325 e. The molecule has 0 atom stereocenters.